The molecular weight excluding hydrogens is 468 g/mol. The molecule has 3 unspecified atom stereocenters. The van der Waals surface area contributed by atoms with Gasteiger partial charge in [-0.2, -0.15) is 0 Å². The summed E-state index contributed by atoms with van der Waals surface area (Å²) in [7, 11) is 0. The second-order valence-electron chi connectivity index (χ2n) is 8.47. The van der Waals surface area contributed by atoms with Gasteiger partial charge < -0.3 is 29.7 Å². The van der Waals surface area contributed by atoms with Gasteiger partial charge in [0.15, 0.2) is 5.75 Å². The average Bonchev–Trinajstić information content (AvgIpc) is 2.85. The van der Waals surface area contributed by atoms with E-state index >= 15 is 0 Å². The summed E-state index contributed by atoms with van der Waals surface area (Å²) < 4.78 is 20.4. The molecule has 1 heterocycles. The van der Waals surface area contributed by atoms with Crippen LogP contribution in [0, 0.1) is 0 Å². The van der Waals surface area contributed by atoms with Gasteiger partial charge in [0.2, 0.25) is 0 Å². The molecule has 1 fully saturated rings. The first kappa shape index (κ1) is 27.3. The fourth-order valence-electron chi connectivity index (χ4n) is 3.46. The maximum absolute atomic E-state index is 12.8. The van der Waals surface area contributed by atoms with Crippen LogP contribution in [0.15, 0.2) is 47.4 Å². The highest BCUT2D eigenvalue weighted by molar-refractivity contribution is 7.97. The van der Waals surface area contributed by atoms with Crippen molar-refractivity contribution < 1.29 is 29.2 Å². The van der Waals surface area contributed by atoms with Crippen LogP contribution in [-0.4, -0.2) is 54.4 Å². The molecule has 0 aliphatic carbocycles. The first-order chi connectivity index (χ1) is 17.0. The lowest BCUT2D eigenvalue weighted by Crippen LogP contribution is -2.47. The number of unbranched alkanes of at least 4 members (excludes halogenated alkanes) is 2. The largest absolute Gasteiger partial charge is 0.462 e. The van der Waals surface area contributed by atoms with E-state index in [1.807, 2.05) is 37.3 Å². The Labute approximate surface area is 211 Å². The monoisotopic (exact) mass is 504 g/mol. The summed E-state index contributed by atoms with van der Waals surface area (Å²) >= 11 is 1.20. The fourth-order valence-corrected chi connectivity index (χ4v) is 4.36. The van der Waals surface area contributed by atoms with Crippen LogP contribution in [0.4, 0.5) is 5.69 Å². The molecule has 0 amide bonds. The van der Waals surface area contributed by atoms with Crippen LogP contribution < -0.4 is 14.8 Å². The molecule has 1 saturated heterocycles. The predicted molar refractivity (Wildman–Crippen MR) is 137 cm³/mol. The molecule has 0 saturated carbocycles. The number of nitrogens with one attached hydrogen (secondary N) is 2. The van der Waals surface area contributed by atoms with Crippen LogP contribution in [0.25, 0.3) is 0 Å². The fraction of sp³-hybridized carbons (Fsp3) is 0.500. The Bertz CT molecular complexity index is 930. The summed E-state index contributed by atoms with van der Waals surface area (Å²) in [5.41, 5.74) is 1.09. The summed E-state index contributed by atoms with van der Waals surface area (Å²) in [5.74, 6) is 0.811. The Morgan fingerprint density at radius 1 is 1.14 bits per heavy atom. The van der Waals surface area contributed by atoms with E-state index in [-0.39, 0.29) is 13.0 Å². The standard InChI is InChI=1S/C26H36N2O6S/c1-3-5-12-27-21-14-18(26(31)32-13-6-4-2)15-23(24(21)34-20-10-8-7-9-11-20)35-28-25-22(30)16-19(29)17-33-25/h7-11,14-15,19,22,25,27-30H,3-6,12-13,16-17H2,1-2H3. The average molecular weight is 505 g/mol. The molecular formula is C26H36N2O6S. The molecule has 0 spiro atoms. The molecule has 0 radical (unpaired) electrons. The summed E-state index contributed by atoms with van der Waals surface area (Å²) in [6, 6.07) is 12.9. The number of para-hydroxylation sites is 1. The number of hydrogen-bond acceptors (Lipinski definition) is 9. The lowest BCUT2D eigenvalue weighted by molar-refractivity contribution is -0.125. The van der Waals surface area contributed by atoms with Gasteiger partial charge in [-0.15, -0.1) is 0 Å². The quantitative estimate of drug-likeness (QED) is 0.175. The van der Waals surface area contributed by atoms with Crippen LogP contribution >= 0.6 is 11.9 Å². The van der Waals surface area contributed by atoms with E-state index in [0.717, 1.165) is 32.2 Å². The molecule has 1 aliphatic rings. The molecule has 3 atom stereocenters. The van der Waals surface area contributed by atoms with Crippen molar-refractivity contribution in [3.05, 3.63) is 48.0 Å². The molecule has 0 aromatic heterocycles. The number of carbonyl (C=O) groups is 1. The summed E-state index contributed by atoms with van der Waals surface area (Å²) in [5, 5.41) is 23.4. The highest BCUT2D eigenvalue weighted by Gasteiger charge is 2.29. The molecule has 2 aromatic carbocycles. The van der Waals surface area contributed by atoms with Gasteiger partial charge in [0.1, 0.15) is 12.0 Å². The van der Waals surface area contributed by atoms with Crippen molar-refractivity contribution in [2.45, 2.75) is 69.3 Å². The smallest absolute Gasteiger partial charge is 0.338 e. The minimum absolute atomic E-state index is 0.135. The topological polar surface area (TPSA) is 109 Å². The number of carbonyl (C=O) groups excluding carboxylic acids is 1. The van der Waals surface area contributed by atoms with E-state index in [4.69, 9.17) is 14.2 Å². The third kappa shape index (κ3) is 8.40. The van der Waals surface area contributed by atoms with Gasteiger partial charge in [0, 0.05) is 13.0 Å². The molecule has 0 bridgehead atoms. The molecule has 192 valence electrons. The summed E-state index contributed by atoms with van der Waals surface area (Å²) in [6.07, 6.45) is 1.70. The zero-order chi connectivity index (χ0) is 25.0. The number of aliphatic hydroxyl groups is 2. The van der Waals surface area contributed by atoms with E-state index in [0.29, 0.717) is 34.3 Å². The van der Waals surface area contributed by atoms with Gasteiger partial charge >= 0.3 is 5.97 Å². The second-order valence-corrected chi connectivity index (χ2v) is 9.35. The summed E-state index contributed by atoms with van der Waals surface area (Å²) in [6.45, 7) is 5.37. The molecule has 9 heteroatoms. The normalized spacial score (nSPS) is 19.8. The van der Waals surface area contributed by atoms with Crippen LogP contribution in [0.5, 0.6) is 11.5 Å². The molecule has 35 heavy (non-hydrogen) atoms. The second kappa shape index (κ2) is 14.3. The lowest BCUT2D eigenvalue weighted by atomic mass is 10.1. The van der Waals surface area contributed by atoms with Crippen LogP contribution in [-0.2, 0) is 9.47 Å². The zero-order valence-electron chi connectivity index (χ0n) is 20.4. The van der Waals surface area contributed by atoms with Gasteiger partial charge in [0.05, 0.1) is 41.6 Å². The van der Waals surface area contributed by atoms with E-state index in [9.17, 15) is 15.0 Å². The number of aliphatic hydroxyl groups excluding tert-OH is 2. The van der Waals surface area contributed by atoms with Crippen molar-refractivity contribution in [1.82, 2.24) is 4.72 Å². The van der Waals surface area contributed by atoms with Crippen LogP contribution in [0.1, 0.15) is 56.3 Å². The van der Waals surface area contributed by atoms with E-state index in [2.05, 4.69) is 17.0 Å². The predicted octanol–water partition coefficient (Wildman–Crippen LogP) is 4.71. The SMILES string of the molecule is CCCCNc1cc(C(=O)OCCCC)cc(SNC2OCC(O)CC2O)c1Oc1ccccc1. The van der Waals surface area contributed by atoms with Gasteiger partial charge in [-0.3, -0.25) is 0 Å². The Morgan fingerprint density at radius 3 is 2.63 bits per heavy atom. The molecule has 8 nitrogen and oxygen atoms in total. The summed E-state index contributed by atoms with van der Waals surface area (Å²) in [4.78, 5) is 13.4. The van der Waals surface area contributed by atoms with Crippen molar-refractivity contribution in [2.24, 2.45) is 0 Å². The molecule has 4 N–H and O–H groups in total. The molecule has 3 rings (SSSR count). The van der Waals surface area contributed by atoms with Gasteiger partial charge in [-0.25, -0.2) is 9.52 Å². The Morgan fingerprint density at radius 2 is 1.91 bits per heavy atom. The number of benzene rings is 2. The van der Waals surface area contributed by atoms with Gasteiger partial charge in [0.25, 0.3) is 0 Å². The number of esters is 1. The number of ether oxygens (including phenoxy) is 3. The highest BCUT2D eigenvalue weighted by Crippen LogP contribution is 2.40. The first-order valence-electron chi connectivity index (χ1n) is 12.2. The third-order valence-corrected chi connectivity index (χ3v) is 6.32. The van der Waals surface area contributed by atoms with E-state index < -0.39 is 24.4 Å². The third-order valence-electron chi connectivity index (χ3n) is 5.45. The first-order valence-corrected chi connectivity index (χ1v) is 13.1. The van der Waals surface area contributed by atoms with Gasteiger partial charge in [-0.05, 0) is 49.1 Å². The van der Waals surface area contributed by atoms with Crippen molar-refractivity contribution >= 4 is 23.6 Å². The molecule has 2 aromatic rings. The lowest BCUT2D eigenvalue weighted by Gasteiger charge is -2.31. The van der Waals surface area contributed by atoms with E-state index in [1.54, 1.807) is 12.1 Å². The number of rotatable bonds is 13. The number of anilines is 1. The maximum Gasteiger partial charge on any atom is 0.338 e. The zero-order valence-corrected chi connectivity index (χ0v) is 21.2. The minimum atomic E-state index is -0.867. The Balaban J connectivity index is 1.91. The Kier molecular flexibility index (Phi) is 11.2. The van der Waals surface area contributed by atoms with Crippen molar-refractivity contribution in [3.63, 3.8) is 0 Å². The van der Waals surface area contributed by atoms with Gasteiger partial charge in [-0.1, -0.05) is 44.9 Å². The minimum Gasteiger partial charge on any atom is -0.462 e. The van der Waals surface area contributed by atoms with Crippen molar-refractivity contribution in [1.29, 1.82) is 0 Å². The van der Waals surface area contributed by atoms with Crippen LogP contribution in [0.2, 0.25) is 0 Å². The van der Waals surface area contributed by atoms with Crippen LogP contribution in [0.3, 0.4) is 0 Å². The van der Waals surface area contributed by atoms with Crippen molar-refractivity contribution in [2.75, 3.05) is 25.1 Å². The number of hydrogen-bond donors (Lipinski definition) is 4. The maximum atomic E-state index is 12.8. The Hall–Kier alpha value is -2.30. The highest BCUT2D eigenvalue weighted by atomic mass is 32.2. The van der Waals surface area contributed by atoms with Crippen molar-refractivity contribution in [3.8, 4) is 11.5 Å². The molecule has 1 aliphatic heterocycles. The van der Waals surface area contributed by atoms with E-state index in [1.165, 1.54) is 11.9 Å².